The number of nitrogens with two attached hydrogens (primary N) is 1. The van der Waals surface area contributed by atoms with Crippen molar-refractivity contribution < 1.29 is 13.9 Å². The number of hydrogen-bond donors (Lipinski definition) is 2. The monoisotopic (exact) mass is 280 g/mol. The SMILES string of the molecule is COc1cc(F)ccc1NC(=O)C1(N)CCCC(C)C1. The number of carbonyl (C=O) groups is 1. The zero-order valence-electron chi connectivity index (χ0n) is 11.9. The zero-order valence-corrected chi connectivity index (χ0v) is 11.9. The molecule has 2 unspecified atom stereocenters. The minimum atomic E-state index is -0.850. The van der Waals surface area contributed by atoms with Crippen molar-refractivity contribution in [3.8, 4) is 5.75 Å². The van der Waals surface area contributed by atoms with Gasteiger partial charge in [0.2, 0.25) is 5.91 Å². The van der Waals surface area contributed by atoms with Crippen molar-refractivity contribution in [1.29, 1.82) is 0 Å². The number of ether oxygens (including phenoxy) is 1. The second kappa shape index (κ2) is 5.79. The summed E-state index contributed by atoms with van der Waals surface area (Å²) in [6.07, 6.45) is 3.40. The van der Waals surface area contributed by atoms with Gasteiger partial charge in [-0.3, -0.25) is 4.79 Å². The predicted molar refractivity (Wildman–Crippen MR) is 76.1 cm³/mol. The van der Waals surface area contributed by atoms with E-state index in [0.29, 0.717) is 30.2 Å². The maximum atomic E-state index is 13.1. The fourth-order valence-electron chi connectivity index (χ4n) is 2.81. The summed E-state index contributed by atoms with van der Waals surface area (Å²) in [5, 5.41) is 2.76. The van der Waals surface area contributed by atoms with Crippen molar-refractivity contribution in [3.05, 3.63) is 24.0 Å². The van der Waals surface area contributed by atoms with Crippen LogP contribution in [0.2, 0.25) is 0 Å². The third-order valence-electron chi connectivity index (χ3n) is 3.90. The van der Waals surface area contributed by atoms with E-state index in [4.69, 9.17) is 10.5 Å². The summed E-state index contributed by atoms with van der Waals surface area (Å²) in [7, 11) is 1.44. The fourth-order valence-corrected chi connectivity index (χ4v) is 2.81. The van der Waals surface area contributed by atoms with Crippen LogP contribution >= 0.6 is 0 Å². The van der Waals surface area contributed by atoms with E-state index in [1.165, 1.54) is 25.3 Å². The molecule has 110 valence electrons. The molecule has 1 aliphatic rings. The van der Waals surface area contributed by atoms with Crippen molar-refractivity contribution in [2.45, 2.75) is 38.1 Å². The molecule has 1 amide bonds. The van der Waals surface area contributed by atoms with E-state index in [1.54, 1.807) is 0 Å². The molecule has 4 nitrogen and oxygen atoms in total. The number of halogens is 1. The summed E-state index contributed by atoms with van der Waals surface area (Å²) in [6.45, 7) is 2.10. The van der Waals surface area contributed by atoms with E-state index in [9.17, 15) is 9.18 Å². The lowest BCUT2D eigenvalue weighted by Crippen LogP contribution is -2.53. The highest BCUT2D eigenvalue weighted by Crippen LogP contribution is 2.32. The van der Waals surface area contributed by atoms with Gasteiger partial charge < -0.3 is 15.8 Å². The van der Waals surface area contributed by atoms with Crippen LogP contribution < -0.4 is 15.8 Å². The first kappa shape index (κ1) is 14.8. The minimum absolute atomic E-state index is 0.228. The Labute approximate surface area is 118 Å². The molecule has 1 aromatic rings. The highest BCUT2D eigenvalue weighted by atomic mass is 19.1. The third-order valence-corrected chi connectivity index (χ3v) is 3.90. The number of amides is 1. The number of nitrogens with one attached hydrogen (secondary N) is 1. The van der Waals surface area contributed by atoms with Crippen LogP contribution in [-0.4, -0.2) is 18.6 Å². The zero-order chi connectivity index (χ0) is 14.8. The highest BCUT2D eigenvalue weighted by Gasteiger charge is 2.38. The van der Waals surface area contributed by atoms with E-state index >= 15 is 0 Å². The topological polar surface area (TPSA) is 64.3 Å². The van der Waals surface area contributed by atoms with Gasteiger partial charge in [-0.05, 0) is 30.9 Å². The van der Waals surface area contributed by atoms with Crippen LogP contribution in [-0.2, 0) is 4.79 Å². The predicted octanol–water partition coefficient (Wildman–Crippen LogP) is 2.68. The van der Waals surface area contributed by atoms with Gasteiger partial charge in [-0.15, -0.1) is 0 Å². The molecule has 1 aliphatic carbocycles. The maximum Gasteiger partial charge on any atom is 0.244 e. The van der Waals surface area contributed by atoms with Gasteiger partial charge in [-0.25, -0.2) is 4.39 Å². The molecule has 0 aliphatic heterocycles. The molecule has 5 heteroatoms. The van der Waals surface area contributed by atoms with E-state index in [1.807, 2.05) is 0 Å². The maximum absolute atomic E-state index is 13.1. The Kier molecular flexibility index (Phi) is 4.28. The van der Waals surface area contributed by atoms with Crippen LogP contribution in [0.25, 0.3) is 0 Å². The Hall–Kier alpha value is -1.62. The first-order valence-electron chi connectivity index (χ1n) is 6.88. The number of anilines is 1. The number of carbonyl (C=O) groups excluding carboxylic acids is 1. The van der Waals surface area contributed by atoms with Crippen molar-refractivity contribution in [1.82, 2.24) is 0 Å². The molecule has 1 saturated carbocycles. The smallest absolute Gasteiger partial charge is 0.244 e. The fraction of sp³-hybridized carbons (Fsp3) is 0.533. The second-order valence-corrected chi connectivity index (χ2v) is 5.66. The molecule has 0 saturated heterocycles. The second-order valence-electron chi connectivity index (χ2n) is 5.66. The van der Waals surface area contributed by atoms with E-state index in [0.717, 1.165) is 12.8 Å². The molecule has 0 spiro atoms. The standard InChI is InChI=1S/C15H21FN2O2/c1-10-4-3-7-15(17,9-10)14(19)18-12-6-5-11(16)8-13(12)20-2/h5-6,8,10H,3-4,7,9,17H2,1-2H3,(H,18,19). The molecule has 2 rings (SSSR count). The first-order valence-corrected chi connectivity index (χ1v) is 6.88. The number of methoxy groups -OCH3 is 1. The summed E-state index contributed by atoms with van der Waals surface area (Å²) < 4.78 is 18.2. The summed E-state index contributed by atoms with van der Waals surface area (Å²) in [4.78, 5) is 12.4. The molecule has 0 bridgehead atoms. The summed E-state index contributed by atoms with van der Waals surface area (Å²) in [6, 6.07) is 4.01. The van der Waals surface area contributed by atoms with Crippen molar-refractivity contribution in [3.63, 3.8) is 0 Å². The van der Waals surface area contributed by atoms with Crippen LogP contribution in [0.3, 0.4) is 0 Å². The quantitative estimate of drug-likeness (QED) is 0.894. The summed E-state index contributed by atoms with van der Waals surface area (Å²) in [5.41, 5.74) is 5.83. The lowest BCUT2D eigenvalue weighted by Gasteiger charge is -2.35. The Bertz CT molecular complexity index is 507. The number of hydrogen-bond acceptors (Lipinski definition) is 3. The Morgan fingerprint density at radius 3 is 2.95 bits per heavy atom. The lowest BCUT2D eigenvalue weighted by atomic mass is 9.76. The van der Waals surface area contributed by atoms with Crippen LogP contribution in [0, 0.1) is 11.7 Å². The van der Waals surface area contributed by atoms with Gasteiger partial charge in [0.25, 0.3) is 0 Å². The Balaban J connectivity index is 2.15. The average Bonchev–Trinajstić information content (AvgIpc) is 2.40. The van der Waals surface area contributed by atoms with Crippen LogP contribution in [0.5, 0.6) is 5.75 Å². The molecule has 2 atom stereocenters. The number of benzene rings is 1. The Morgan fingerprint density at radius 2 is 2.30 bits per heavy atom. The van der Waals surface area contributed by atoms with Gasteiger partial charge in [0.15, 0.2) is 0 Å². The molecule has 0 radical (unpaired) electrons. The van der Waals surface area contributed by atoms with E-state index in [2.05, 4.69) is 12.2 Å². The van der Waals surface area contributed by atoms with Gasteiger partial charge >= 0.3 is 0 Å². The molecule has 0 aromatic heterocycles. The third kappa shape index (κ3) is 3.10. The van der Waals surface area contributed by atoms with Gasteiger partial charge in [0.1, 0.15) is 11.6 Å². The van der Waals surface area contributed by atoms with Crippen molar-refractivity contribution >= 4 is 11.6 Å². The molecule has 3 N–H and O–H groups in total. The normalized spacial score (nSPS) is 26.1. The van der Waals surface area contributed by atoms with Gasteiger partial charge in [-0.2, -0.15) is 0 Å². The minimum Gasteiger partial charge on any atom is -0.494 e. The molecule has 20 heavy (non-hydrogen) atoms. The Morgan fingerprint density at radius 1 is 1.55 bits per heavy atom. The van der Waals surface area contributed by atoms with E-state index < -0.39 is 11.4 Å². The molecule has 1 aromatic carbocycles. The summed E-state index contributed by atoms with van der Waals surface area (Å²) in [5.74, 6) is 0.1000. The van der Waals surface area contributed by atoms with Crippen LogP contribution in [0.4, 0.5) is 10.1 Å². The summed E-state index contributed by atoms with van der Waals surface area (Å²) >= 11 is 0. The van der Waals surface area contributed by atoms with Crippen LogP contribution in [0.15, 0.2) is 18.2 Å². The van der Waals surface area contributed by atoms with Crippen LogP contribution in [0.1, 0.15) is 32.6 Å². The molecular weight excluding hydrogens is 259 g/mol. The van der Waals surface area contributed by atoms with Gasteiger partial charge in [-0.1, -0.05) is 19.8 Å². The molecule has 0 heterocycles. The van der Waals surface area contributed by atoms with Gasteiger partial charge in [0, 0.05) is 6.07 Å². The number of rotatable bonds is 3. The largest absolute Gasteiger partial charge is 0.494 e. The van der Waals surface area contributed by atoms with Crippen molar-refractivity contribution in [2.75, 3.05) is 12.4 Å². The van der Waals surface area contributed by atoms with E-state index in [-0.39, 0.29) is 5.91 Å². The molecule has 1 fully saturated rings. The molecular formula is C15H21FN2O2. The van der Waals surface area contributed by atoms with Crippen molar-refractivity contribution in [2.24, 2.45) is 11.7 Å². The average molecular weight is 280 g/mol. The van der Waals surface area contributed by atoms with Gasteiger partial charge in [0.05, 0.1) is 18.3 Å². The lowest BCUT2D eigenvalue weighted by molar-refractivity contribution is -0.122. The highest BCUT2D eigenvalue weighted by molar-refractivity contribution is 5.99. The first-order chi connectivity index (χ1) is 9.44.